The lowest BCUT2D eigenvalue weighted by Crippen LogP contribution is -2.29. The van der Waals surface area contributed by atoms with Crippen LogP contribution in [0.2, 0.25) is 0 Å². The van der Waals surface area contributed by atoms with Crippen molar-refractivity contribution in [2.45, 2.75) is 38.1 Å². The average molecular weight is 383 g/mol. The molecule has 4 rings (SSSR count). The number of nitrogens with one attached hydrogen (secondary N) is 1. The molecule has 0 amide bonds. The zero-order valence-electron chi connectivity index (χ0n) is 15.7. The van der Waals surface area contributed by atoms with E-state index >= 15 is 0 Å². The lowest BCUT2D eigenvalue weighted by Gasteiger charge is -2.23. The molecule has 1 atom stereocenters. The molecule has 0 spiro atoms. The van der Waals surface area contributed by atoms with E-state index in [4.69, 9.17) is 9.47 Å². The molecule has 1 fully saturated rings. The monoisotopic (exact) mass is 383 g/mol. The molecule has 0 aliphatic carbocycles. The van der Waals surface area contributed by atoms with E-state index in [-0.39, 0.29) is 12.7 Å². The number of nitrogens with zero attached hydrogens (tertiary/aromatic N) is 4. The van der Waals surface area contributed by atoms with E-state index < -0.39 is 6.10 Å². The molecular formula is C20H25N5O3. The Labute approximate surface area is 163 Å². The third-order valence-corrected chi connectivity index (χ3v) is 4.80. The highest BCUT2D eigenvalue weighted by atomic mass is 16.5. The fourth-order valence-corrected chi connectivity index (χ4v) is 3.29. The van der Waals surface area contributed by atoms with Crippen LogP contribution in [-0.2, 0) is 22.6 Å². The third-order valence-electron chi connectivity index (χ3n) is 4.80. The van der Waals surface area contributed by atoms with Crippen molar-refractivity contribution in [2.24, 2.45) is 0 Å². The Morgan fingerprint density at radius 1 is 1.18 bits per heavy atom. The zero-order chi connectivity index (χ0) is 19.2. The van der Waals surface area contributed by atoms with E-state index in [1.54, 1.807) is 6.33 Å². The Bertz CT molecular complexity index is 880. The second-order valence-corrected chi connectivity index (χ2v) is 6.93. The highest BCUT2D eigenvalue weighted by molar-refractivity contribution is 5.82. The van der Waals surface area contributed by atoms with Crippen LogP contribution in [0.4, 0.5) is 5.82 Å². The van der Waals surface area contributed by atoms with Gasteiger partial charge in [-0.25, -0.2) is 15.0 Å². The van der Waals surface area contributed by atoms with Gasteiger partial charge in [-0.2, -0.15) is 0 Å². The Hall–Kier alpha value is -2.55. The maximum absolute atomic E-state index is 10.4. The van der Waals surface area contributed by atoms with E-state index in [0.717, 1.165) is 31.6 Å². The van der Waals surface area contributed by atoms with Gasteiger partial charge in [-0.05, 0) is 18.4 Å². The summed E-state index contributed by atoms with van der Waals surface area (Å²) in [6.07, 6.45) is 4.49. The largest absolute Gasteiger partial charge is 0.389 e. The number of ether oxygens (including phenoxy) is 2. The number of benzene rings is 1. The summed E-state index contributed by atoms with van der Waals surface area (Å²) in [6.45, 7) is 2.76. The molecule has 0 saturated carbocycles. The van der Waals surface area contributed by atoms with Crippen LogP contribution in [0, 0.1) is 0 Å². The smallest absolute Gasteiger partial charge is 0.165 e. The van der Waals surface area contributed by atoms with Gasteiger partial charge in [0, 0.05) is 19.8 Å². The maximum atomic E-state index is 10.4. The lowest BCUT2D eigenvalue weighted by atomic mass is 10.1. The van der Waals surface area contributed by atoms with Crippen molar-refractivity contribution in [1.29, 1.82) is 0 Å². The number of rotatable bonds is 8. The Morgan fingerprint density at radius 3 is 2.82 bits per heavy atom. The average Bonchev–Trinajstić information content (AvgIpc) is 3.15. The van der Waals surface area contributed by atoms with E-state index in [1.165, 1.54) is 6.33 Å². The fourth-order valence-electron chi connectivity index (χ4n) is 3.29. The predicted molar refractivity (Wildman–Crippen MR) is 105 cm³/mol. The fraction of sp³-hybridized carbons (Fsp3) is 0.450. The van der Waals surface area contributed by atoms with Crippen LogP contribution in [0.5, 0.6) is 0 Å². The van der Waals surface area contributed by atoms with Crippen LogP contribution in [0.25, 0.3) is 11.2 Å². The van der Waals surface area contributed by atoms with Gasteiger partial charge in [0.15, 0.2) is 11.5 Å². The summed E-state index contributed by atoms with van der Waals surface area (Å²) in [5, 5.41) is 13.7. The Balaban J connectivity index is 1.38. The minimum absolute atomic E-state index is 0.166. The van der Waals surface area contributed by atoms with E-state index in [2.05, 4.69) is 32.4 Å². The molecule has 28 heavy (non-hydrogen) atoms. The van der Waals surface area contributed by atoms with E-state index in [1.807, 2.05) is 22.8 Å². The van der Waals surface area contributed by atoms with Gasteiger partial charge in [0.05, 0.1) is 31.7 Å². The molecule has 148 valence electrons. The van der Waals surface area contributed by atoms with E-state index in [9.17, 15) is 5.11 Å². The third kappa shape index (κ3) is 4.64. The number of hydrogen-bond donors (Lipinski definition) is 2. The SMILES string of the molecule is OC(COC1CCOCC1)Cn1cnc2c(NCc3ccccc3)ncnc21. The molecule has 2 aromatic heterocycles. The van der Waals surface area contributed by atoms with Crippen LogP contribution >= 0.6 is 0 Å². The second kappa shape index (κ2) is 9.09. The first-order valence-electron chi connectivity index (χ1n) is 9.60. The summed E-state index contributed by atoms with van der Waals surface area (Å²) < 4.78 is 13.0. The number of aromatic nitrogens is 4. The topological polar surface area (TPSA) is 94.3 Å². The van der Waals surface area contributed by atoms with Crippen LogP contribution in [0.1, 0.15) is 18.4 Å². The van der Waals surface area contributed by atoms with Crippen LogP contribution < -0.4 is 5.32 Å². The summed E-state index contributed by atoms with van der Waals surface area (Å²) in [5.41, 5.74) is 2.54. The quantitative estimate of drug-likeness (QED) is 0.614. The summed E-state index contributed by atoms with van der Waals surface area (Å²) in [6, 6.07) is 10.1. The molecule has 1 aliphatic heterocycles. The molecule has 1 aliphatic rings. The van der Waals surface area contributed by atoms with E-state index in [0.29, 0.717) is 30.1 Å². The summed E-state index contributed by atoms with van der Waals surface area (Å²) >= 11 is 0. The summed E-state index contributed by atoms with van der Waals surface area (Å²) in [5.74, 6) is 0.681. The van der Waals surface area contributed by atoms with Crippen molar-refractivity contribution >= 4 is 17.0 Å². The first-order chi connectivity index (χ1) is 13.8. The Kier molecular flexibility index (Phi) is 6.11. The van der Waals surface area contributed by atoms with Crippen LogP contribution in [-0.4, -0.2) is 56.7 Å². The molecule has 3 aromatic rings. The van der Waals surface area contributed by atoms with Crippen molar-refractivity contribution in [2.75, 3.05) is 25.1 Å². The second-order valence-electron chi connectivity index (χ2n) is 6.93. The van der Waals surface area contributed by atoms with Gasteiger partial charge in [0.25, 0.3) is 0 Å². The minimum atomic E-state index is -0.629. The molecule has 8 heteroatoms. The van der Waals surface area contributed by atoms with Crippen molar-refractivity contribution < 1.29 is 14.6 Å². The van der Waals surface area contributed by atoms with Crippen LogP contribution in [0.3, 0.4) is 0 Å². The number of imidazole rings is 1. The molecule has 8 nitrogen and oxygen atoms in total. The van der Waals surface area contributed by atoms with Gasteiger partial charge >= 0.3 is 0 Å². The number of anilines is 1. The minimum Gasteiger partial charge on any atom is -0.389 e. The normalized spacial score (nSPS) is 16.3. The Morgan fingerprint density at radius 2 is 2.00 bits per heavy atom. The molecule has 0 bridgehead atoms. The van der Waals surface area contributed by atoms with Crippen LogP contribution in [0.15, 0.2) is 43.0 Å². The summed E-state index contributed by atoms with van der Waals surface area (Å²) in [7, 11) is 0. The standard InChI is InChI=1S/C20H25N5O3/c26-16(12-28-17-6-8-27-9-7-17)11-25-14-24-18-19(22-13-23-20(18)25)21-10-15-4-2-1-3-5-15/h1-5,13-14,16-17,26H,6-12H2,(H,21,22,23). The molecule has 1 unspecified atom stereocenters. The highest BCUT2D eigenvalue weighted by Crippen LogP contribution is 2.19. The zero-order valence-corrected chi connectivity index (χ0v) is 15.7. The van der Waals surface area contributed by atoms with Gasteiger partial charge in [-0.1, -0.05) is 30.3 Å². The van der Waals surface area contributed by atoms with Gasteiger partial charge in [0.2, 0.25) is 0 Å². The molecule has 0 radical (unpaired) electrons. The number of fused-ring (bicyclic) bond motifs is 1. The number of aliphatic hydroxyl groups is 1. The molecular weight excluding hydrogens is 358 g/mol. The van der Waals surface area contributed by atoms with Crippen molar-refractivity contribution in [3.05, 3.63) is 48.5 Å². The first kappa shape index (κ1) is 18.8. The van der Waals surface area contributed by atoms with Gasteiger partial charge in [-0.3, -0.25) is 0 Å². The molecule has 1 aromatic carbocycles. The van der Waals surface area contributed by atoms with Gasteiger partial charge in [-0.15, -0.1) is 0 Å². The molecule has 2 N–H and O–H groups in total. The molecule has 3 heterocycles. The summed E-state index contributed by atoms with van der Waals surface area (Å²) in [4.78, 5) is 13.1. The highest BCUT2D eigenvalue weighted by Gasteiger charge is 2.17. The maximum Gasteiger partial charge on any atom is 0.165 e. The van der Waals surface area contributed by atoms with Gasteiger partial charge < -0.3 is 24.5 Å². The lowest BCUT2D eigenvalue weighted by molar-refractivity contribution is -0.0615. The van der Waals surface area contributed by atoms with Crippen molar-refractivity contribution in [1.82, 2.24) is 19.5 Å². The van der Waals surface area contributed by atoms with Gasteiger partial charge in [0.1, 0.15) is 11.8 Å². The first-order valence-corrected chi connectivity index (χ1v) is 9.60. The van der Waals surface area contributed by atoms with Crippen molar-refractivity contribution in [3.63, 3.8) is 0 Å². The van der Waals surface area contributed by atoms with Crippen molar-refractivity contribution in [3.8, 4) is 0 Å². The molecule has 1 saturated heterocycles. The number of hydrogen-bond acceptors (Lipinski definition) is 7. The number of aliphatic hydroxyl groups excluding tert-OH is 1. The predicted octanol–water partition coefficient (Wildman–Crippen LogP) is 1.99.